The Morgan fingerprint density at radius 2 is 1.62 bits per heavy atom. The van der Waals surface area contributed by atoms with E-state index in [1.807, 2.05) is 0 Å². The largest absolute Gasteiger partial charge is 0.480 e. The molecule has 0 saturated heterocycles. The van der Waals surface area contributed by atoms with E-state index in [9.17, 15) is 24.3 Å². The van der Waals surface area contributed by atoms with Crippen LogP contribution in [0.1, 0.15) is 19.8 Å². The van der Waals surface area contributed by atoms with Gasteiger partial charge < -0.3 is 43.4 Å². The van der Waals surface area contributed by atoms with Gasteiger partial charge in [0.05, 0.1) is 12.6 Å². The highest BCUT2D eigenvalue weighted by atomic mass is 32.1. The van der Waals surface area contributed by atoms with Crippen LogP contribution in [0, 0.1) is 0 Å². The van der Waals surface area contributed by atoms with Gasteiger partial charge in [0.15, 0.2) is 5.96 Å². The van der Waals surface area contributed by atoms with Gasteiger partial charge in [0, 0.05) is 12.3 Å². The summed E-state index contributed by atoms with van der Waals surface area (Å²) in [7, 11) is 0. The second-order valence-electron chi connectivity index (χ2n) is 6.11. The van der Waals surface area contributed by atoms with Gasteiger partial charge in [-0.1, -0.05) is 0 Å². The number of carbonyl (C=O) groups excluding carboxylic acids is 3. The van der Waals surface area contributed by atoms with Crippen LogP contribution in [0.4, 0.5) is 0 Å². The Morgan fingerprint density at radius 1 is 1.03 bits per heavy atom. The van der Waals surface area contributed by atoms with E-state index >= 15 is 0 Å². The van der Waals surface area contributed by atoms with Gasteiger partial charge >= 0.3 is 5.97 Å². The van der Waals surface area contributed by atoms with Crippen molar-refractivity contribution in [3.05, 3.63) is 0 Å². The quantitative estimate of drug-likeness (QED) is 0.0590. The van der Waals surface area contributed by atoms with E-state index in [4.69, 9.17) is 22.3 Å². The van der Waals surface area contributed by atoms with E-state index in [1.54, 1.807) is 0 Å². The van der Waals surface area contributed by atoms with Crippen molar-refractivity contribution in [2.75, 3.05) is 18.9 Å². The van der Waals surface area contributed by atoms with Gasteiger partial charge in [0.1, 0.15) is 18.1 Å². The van der Waals surface area contributed by atoms with Gasteiger partial charge in [0.25, 0.3) is 0 Å². The number of aliphatic hydroxyl groups excluding tert-OH is 1. The average Bonchev–Trinajstić information content (AvgIpc) is 2.65. The number of aliphatic carboxylic acids is 1. The molecule has 0 aliphatic carbocycles. The first-order chi connectivity index (χ1) is 13.5. The molecule has 0 heterocycles. The van der Waals surface area contributed by atoms with Crippen LogP contribution in [0.15, 0.2) is 4.99 Å². The number of carbonyl (C=O) groups is 4. The number of thiol groups is 1. The molecule has 14 heteroatoms. The summed E-state index contributed by atoms with van der Waals surface area (Å²) in [5.74, 6) is -3.78. The molecule has 0 aromatic heterocycles. The van der Waals surface area contributed by atoms with E-state index in [2.05, 4.69) is 33.6 Å². The molecule has 0 aromatic rings. The highest BCUT2D eigenvalue weighted by Crippen LogP contribution is 1.98. The van der Waals surface area contributed by atoms with Crippen LogP contribution in [0.5, 0.6) is 0 Å². The molecule has 0 fully saturated rings. The van der Waals surface area contributed by atoms with Crippen molar-refractivity contribution in [1.82, 2.24) is 16.0 Å². The number of rotatable bonds is 13. The van der Waals surface area contributed by atoms with Crippen LogP contribution < -0.4 is 33.2 Å². The van der Waals surface area contributed by atoms with E-state index < -0.39 is 54.5 Å². The zero-order valence-corrected chi connectivity index (χ0v) is 16.9. The standard InChI is InChI=1S/C15H29N7O6S/c1-7(11(24)22-10(6-29)14(27)28)20-13(26)9(5-23)21-12(25)8(16)3-2-4-19-15(17)18/h7-10,23,29H,2-6,16H2,1H3,(H,20,26)(H,21,25)(H,22,24)(H,27,28)(H4,17,18,19). The third kappa shape index (κ3) is 10.5. The first kappa shape index (κ1) is 26.4. The summed E-state index contributed by atoms with van der Waals surface area (Å²) in [6.07, 6.45) is 0.664. The minimum absolute atomic E-state index is 0.0813. The number of nitrogens with one attached hydrogen (secondary N) is 3. The molecule has 0 aliphatic rings. The molecule has 0 bridgehead atoms. The molecule has 13 nitrogen and oxygen atoms in total. The molecule has 4 atom stereocenters. The monoisotopic (exact) mass is 435 g/mol. The summed E-state index contributed by atoms with van der Waals surface area (Å²) in [6, 6.07) is -4.65. The van der Waals surface area contributed by atoms with Crippen molar-refractivity contribution in [2.24, 2.45) is 22.2 Å². The highest BCUT2D eigenvalue weighted by molar-refractivity contribution is 7.80. The molecular weight excluding hydrogens is 406 g/mol. The lowest BCUT2D eigenvalue weighted by atomic mass is 10.1. The minimum Gasteiger partial charge on any atom is -0.480 e. The summed E-state index contributed by atoms with van der Waals surface area (Å²) in [6.45, 7) is 0.862. The number of amides is 3. The molecule has 3 amide bonds. The number of nitrogens with zero attached hydrogens (tertiary/aromatic N) is 1. The number of aliphatic hydroxyl groups is 1. The molecule has 166 valence electrons. The van der Waals surface area contributed by atoms with Crippen LogP contribution in [0.3, 0.4) is 0 Å². The Kier molecular flexibility index (Phi) is 12.4. The number of hydrogen-bond acceptors (Lipinski definition) is 8. The second kappa shape index (κ2) is 13.6. The first-order valence-corrected chi connectivity index (χ1v) is 9.33. The summed E-state index contributed by atoms with van der Waals surface area (Å²) in [5.41, 5.74) is 16.1. The summed E-state index contributed by atoms with van der Waals surface area (Å²) < 4.78 is 0. The van der Waals surface area contributed by atoms with Crippen LogP contribution in [0.25, 0.3) is 0 Å². The zero-order valence-electron chi connectivity index (χ0n) is 16.0. The lowest BCUT2D eigenvalue weighted by Gasteiger charge is -2.22. The molecule has 4 unspecified atom stereocenters. The summed E-state index contributed by atoms with van der Waals surface area (Å²) >= 11 is 3.82. The van der Waals surface area contributed by atoms with Crippen LogP contribution >= 0.6 is 12.6 Å². The van der Waals surface area contributed by atoms with E-state index in [0.717, 1.165) is 0 Å². The normalized spacial score (nSPS) is 14.6. The molecule has 0 aromatic carbocycles. The first-order valence-electron chi connectivity index (χ1n) is 8.70. The minimum atomic E-state index is -1.35. The van der Waals surface area contributed by atoms with Crippen molar-refractivity contribution >= 4 is 42.3 Å². The molecule has 0 rings (SSSR count). The molecular formula is C15H29N7O6S. The lowest BCUT2D eigenvalue weighted by molar-refractivity contribution is -0.141. The van der Waals surface area contributed by atoms with Gasteiger partial charge in [-0.2, -0.15) is 12.6 Å². The molecule has 29 heavy (non-hydrogen) atoms. The fourth-order valence-corrected chi connectivity index (χ4v) is 2.23. The van der Waals surface area contributed by atoms with Crippen molar-refractivity contribution in [3.63, 3.8) is 0 Å². The predicted octanol–water partition coefficient (Wildman–Crippen LogP) is -4.15. The van der Waals surface area contributed by atoms with Gasteiger partial charge in [-0.3, -0.25) is 19.4 Å². The SMILES string of the molecule is CC(NC(=O)C(CO)NC(=O)C(N)CCCN=C(N)N)C(=O)NC(CS)C(=O)O. The molecule has 11 N–H and O–H groups in total. The van der Waals surface area contributed by atoms with Gasteiger partial charge in [-0.25, -0.2) is 4.79 Å². The van der Waals surface area contributed by atoms with Gasteiger partial charge in [0.2, 0.25) is 17.7 Å². The summed E-state index contributed by atoms with van der Waals surface area (Å²) in [4.78, 5) is 50.9. The van der Waals surface area contributed by atoms with Gasteiger partial charge in [-0.05, 0) is 19.8 Å². The Morgan fingerprint density at radius 3 is 2.10 bits per heavy atom. The average molecular weight is 436 g/mol. The zero-order chi connectivity index (χ0) is 22.6. The third-order valence-corrected chi connectivity index (χ3v) is 4.03. The number of aliphatic imine (C=N–C) groups is 1. The second-order valence-corrected chi connectivity index (χ2v) is 6.48. The third-order valence-electron chi connectivity index (χ3n) is 3.67. The Labute approximate surface area is 173 Å². The van der Waals surface area contributed by atoms with E-state index in [-0.39, 0.29) is 24.7 Å². The van der Waals surface area contributed by atoms with E-state index in [0.29, 0.717) is 6.42 Å². The smallest absolute Gasteiger partial charge is 0.327 e. The number of nitrogens with two attached hydrogens (primary N) is 3. The molecule has 0 aliphatic heterocycles. The van der Waals surface area contributed by atoms with Crippen molar-refractivity contribution in [3.8, 4) is 0 Å². The van der Waals surface area contributed by atoms with Crippen LogP contribution in [-0.4, -0.2) is 82.9 Å². The fourth-order valence-electron chi connectivity index (χ4n) is 1.99. The number of carboxylic acid groups (broad SMARTS) is 1. The predicted molar refractivity (Wildman–Crippen MR) is 108 cm³/mol. The molecule has 0 saturated carbocycles. The van der Waals surface area contributed by atoms with Crippen molar-refractivity contribution in [2.45, 2.75) is 43.9 Å². The molecule has 0 radical (unpaired) electrons. The number of hydrogen-bond donors (Lipinski definition) is 9. The highest BCUT2D eigenvalue weighted by Gasteiger charge is 2.27. The lowest BCUT2D eigenvalue weighted by Crippen LogP contribution is -2.57. The number of guanidine groups is 1. The van der Waals surface area contributed by atoms with Crippen LogP contribution in [0.2, 0.25) is 0 Å². The maximum absolute atomic E-state index is 12.2. The fraction of sp³-hybridized carbons (Fsp3) is 0.667. The van der Waals surface area contributed by atoms with Crippen molar-refractivity contribution in [1.29, 1.82) is 0 Å². The van der Waals surface area contributed by atoms with Gasteiger partial charge in [-0.15, -0.1) is 0 Å². The Hall–Kier alpha value is -2.58. The Bertz CT molecular complexity index is 614. The maximum Gasteiger partial charge on any atom is 0.327 e. The maximum atomic E-state index is 12.2. The van der Waals surface area contributed by atoms with Crippen molar-refractivity contribution < 1.29 is 29.4 Å². The van der Waals surface area contributed by atoms with Crippen LogP contribution in [-0.2, 0) is 19.2 Å². The van der Waals surface area contributed by atoms with E-state index in [1.165, 1.54) is 6.92 Å². The Balaban J connectivity index is 4.63. The molecule has 0 spiro atoms. The topological polar surface area (TPSA) is 235 Å². The summed E-state index contributed by atoms with van der Waals surface area (Å²) in [5, 5.41) is 25.0. The number of carboxylic acids is 1.